The minimum atomic E-state index is -0.869. The highest BCUT2D eigenvalue weighted by molar-refractivity contribution is 5.98. The van der Waals surface area contributed by atoms with Crippen LogP contribution in [0, 0.1) is 0 Å². The molecule has 0 aromatic carbocycles. The predicted molar refractivity (Wildman–Crippen MR) is 84.8 cm³/mol. The third kappa shape index (κ3) is 3.42. The van der Waals surface area contributed by atoms with Crippen molar-refractivity contribution in [2.75, 3.05) is 26.2 Å². The summed E-state index contributed by atoms with van der Waals surface area (Å²) in [6.45, 7) is 2.48. The molecule has 1 aliphatic heterocycles. The van der Waals surface area contributed by atoms with E-state index in [-0.39, 0.29) is 31.5 Å². The lowest BCUT2D eigenvalue weighted by Gasteiger charge is -2.39. The van der Waals surface area contributed by atoms with Gasteiger partial charge < -0.3 is 23.4 Å². The third-order valence-electron chi connectivity index (χ3n) is 4.02. The number of piperazine rings is 1. The van der Waals surface area contributed by atoms with Crippen molar-refractivity contribution in [3.05, 3.63) is 48.3 Å². The molecule has 8 nitrogen and oxygen atoms in total. The number of esters is 1. The molecule has 1 aliphatic rings. The topological polar surface area (TPSA) is 93.2 Å². The molecule has 1 atom stereocenters. The fraction of sp³-hybridized carbons (Fsp3) is 0.353. The summed E-state index contributed by atoms with van der Waals surface area (Å²) in [5, 5.41) is 0. The first-order valence-corrected chi connectivity index (χ1v) is 7.93. The van der Waals surface area contributed by atoms with Crippen molar-refractivity contribution in [3.63, 3.8) is 0 Å². The van der Waals surface area contributed by atoms with Crippen LogP contribution in [-0.4, -0.2) is 59.9 Å². The van der Waals surface area contributed by atoms with Gasteiger partial charge in [-0.2, -0.15) is 0 Å². The fourth-order valence-electron chi connectivity index (χ4n) is 2.77. The Balaban J connectivity index is 1.80. The number of carbonyl (C=O) groups is 3. The molecule has 2 aromatic heterocycles. The molecule has 0 N–H and O–H groups in total. The summed E-state index contributed by atoms with van der Waals surface area (Å²) in [7, 11) is 0. The Kier molecular flexibility index (Phi) is 4.87. The van der Waals surface area contributed by atoms with Crippen molar-refractivity contribution in [2.45, 2.75) is 13.0 Å². The van der Waals surface area contributed by atoms with Crippen LogP contribution in [0.2, 0.25) is 0 Å². The second-order valence-corrected chi connectivity index (χ2v) is 5.54. The highest BCUT2D eigenvalue weighted by Crippen LogP contribution is 2.18. The van der Waals surface area contributed by atoms with Gasteiger partial charge in [0.25, 0.3) is 11.8 Å². The van der Waals surface area contributed by atoms with Gasteiger partial charge >= 0.3 is 5.97 Å². The van der Waals surface area contributed by atoms with Gasteiger partial charge in [-0.3, -0.25) is 9.59 Å². The maximum atomic E-state index is 12.6. The summed E-state index contributed by atoms with van der Waals surface area (Å²) in [6, 6.07) is 2.23. The van der Waals surface area contributed by atoms with Crippen LogP contribution >= 0.6 is 0 Å². The molecule has 2 aromatic rings. The van der Waals surface area contributed by atoms with Gasteiger partial charge in [-0.05, 0) is 19.1 Å². The summed E-state index contributed by atoms with van der Waals surface area (Å²) in [4.78, 5) is 40.4. The van der Waals surface area contributed by atoms with Crippen molar-refractivity contribution in [3.8, 4) is 0 Å². The molecule has 1 saturated heterocycles. The number of hydrogen-bond donors (Lipinski definition) is 0. The molecule has 0 saturated carbocycles. The van der Waals surface area contributed by atoms with Crippen LogP contribution in [0.5, 0.6) is 0 Å². The van der Waals surface area contributed by atoms with Crippen LogP contribution in [0.1, 0.15) is 27.6 Å². The monoisotopic (exact) mass is 346 g/mol. The van der Waals surface area contributed by atoms with E-state index in [9.17, 15) is 14.4 Å². The molecule has 1 fully saturated rings. The van der Waals surface area contributed by atoms with Crippen molar-refractivity contribution >= 4 is 17.8 Å². The summed E-state index contributed by atoms with van der Waals surface area (Å²) >= 11 is 0. The Bertz CT molecular complexity index is 737. The standard InChI is InChI=1S/C17H18N2O6/c1-2-25-17(22)14-9-18(15(20)12-3-7-23-10-12)5-6-19(14)16(21)13-4-8-24-11-13/h3-4,7-8,10-11,14H,2,5-6,9H2,1H3/t14-/m0/s1. The quantitative estimate of drug-likeness (QED) is 0.777. The molecule has 3 heterocycles. The average molecular weight is 346 g/mol. The third-order valence-corrected chi connectivity index (χ3v) is 4.02. The van der Waals surface area contributed by atoms with Crippen LogP contribution in [0.25, 0.3) is 0 Å². The largest absolute Gasteiger partial charge is 0.472 e. The second-order valence-electron chi connectivity index (χ2n) is 5.54. The summed E-state index contributed by atoms with van der Waals surface area (Å²) in [5.74, 6) is -1.12. The first-order valence-electron chi connectivity index (χ1n) is 7.93. The predicted octanol–water partition coefficient (Wildman–Crippen LogP) is 1.40. The zero-order valence-electron chi connectivity index (χ0n) is 13.7. The van der Waals surface area contributed by atoms with Crippen molar-refractivity contribution < 1.29 is 28.0 Å². The number of amides is 2. The first kappa shape index (κ1) is 16.8. The van der Waals surface area contributed by atoms with Gasteiger partial charge in [0, 0.05) is 13.1 Å². The molecule has 2 amide bonds. The van der Waals surface area contributed by atoms with Gasteiger partial charge in [-0.1, -0.05) is 0 Å². The van der Waals surface area contributed by atoms with E-state index in [1.54, 1.807) is 13.0 Å². The smallest absolute Gasteiger partial charge is 0.330 e. The molecular formula is C17H18N2O6. The van der Waals surface area contributed by atoms with Gasteiger partial charge in [0.15, 0.2) is 0 Å². The lowest BCUT2D eigenvalue weighted by molar-refractivity contribution is -0.150. The second kappa shape index (κ2) is 7.25. The normalized spacial score (nSPS) is 17.4. The Morgan fingerprint density at radius 1 is 1.08 bits per heavy atom. The van der Waals surface area contributed by atoms with Crippen LogP contribution in [0.3, 0.4) is 0 Å². The zero-order chi connectivity index (χ0) is 17.8. The molecule has 0 aliphatic carbocycles. The molecule has 0 radical (unpaired) electrons. The maximum Gasteiger partial charge on any atom is 0.330 e. The molecule has 25 heavy (non-hydrogen) atoms. The minimum absolute atomic E-state index is 0.0619. The number of carbonyl (C=O) groups excluding carboxylic acids is 3. The Morgan fingerprint density at radius 2 is 1.72 bits per heavy atom. The molecular weight excluding hydrogens is 328 g/mol. The van der Waals surface area contributed by atoms with Crippen molar-refractivity contribution in [1.29, 1.82) is 0 Å². The Morgan fingerprint density at radius 3 is 2.28 bits per heavy atom. The van der Waals surface area contributed by atoms with E-state index in [2.05, 4.69) is 0 Å². The molecule has 0 unspecified atom stereocenters. The minimum Gasteiger partial charge on any atom is -0.472 e. The Hall–Kier alpha value is -3.03. The number of hydrogen-bond acceptors (Lipinski definition) is 6. The van der Waals surface area contributed by atoms with Crippen LogP contribution in [0.4, 0.5) is 0 Å². The van der Waals surface area contributed by atoms with Crippen molar-refractivity contribution in [2.24, 2.45) is 0 Å². The molecule has 3 rings (SSSR count). The molecule has 0 bridgehead atoms. The number of furan rings is 2. The highest BCUT2D eigenvalue weighted by Gasteiger charge is 2.38. The summed E-state index contributed by atoms with van der Waals surface area (Å²) < 4.78 is 15.0. The lowest BCUT2D eigenvalue weighted by atomic mass is 10.1. The maximum absolute atomic E-state index is 12.6. The van der Waals surface area contributed by atoms with E-state index in [1.807, 2.05) is 0 Å². The van der Waals surface area contributed by atoms with Gasteiger partial charge in [0.1, 0.15) is 18.6 Å². The number of ether oxygens (including phenoxy) is 1. The highest BCUT2D eigenvalue weighted by atomic mass is 16.5. The van der Waals surface area contributed by atoms with E-state index in [0.717, 1.165) is 0 Å². The first-order chi connectivity index (χ1) is 12.1. The van der Waals surface area contributed by atoms with E-state index in [0.29, 0.717) is 17.7 Å². The molecule has 0 spiro atoms. The summed E-state index contributed by atoms with van der Waals surface area (Å²) in [6.07, 6.45) is 5.48. The Labute approximate surface area is 143 Å². The molecule has 132 valence electrons. The fourth-order valence-corrected chi connectivity index (χ4v) is 2.77. The van der Waals surface area contributed by atoms with E-state index < -0.39 is 12.0 Å². The SMILES string of the molecule is CCOC(=O)[C@@H]1CN(C(=O)c2ccoc2)CCN1C(=O)c1ccoc1. The van der Waals surface area contributed by atoms with E-state index >= 15 is 0 Å². The van der Waals surface area contributed by atoms with Crippen molar-refractivity contribution in [1.82, 2.24) is 9.80 Å². The van der Waals surface area contributed by atoms with Gasteiger partial charge in [-0.25, -0.2) is 4.79 Å². The number of rotatable bonds is 4. The summed E-state index contributed by atoms with van der Waals surface area (Å²) in [5.41, 5.74) is 0.751. The molecule has 8 heteroatoms. The van der Waals surface area contributed by atoms with E-state index in [1.165, 1.54) is 40.9 Å². The average Bonchev–Trinajstić information content (AvgIpc) is 3.33. The van der Waals surface area contributed by atoms with Crippen LogP contribution in [-0.2, 0) is 9.53 Å². The van der Waals surface area contributed by atoms with Crippen LogP contribution in [0.15, 0.2) is 46.0 Å². The lowest BCUT2D eigenvalue weighted by Crippen LogP contribution is -2.59. The van der Waals surface area contributed by atoms with Gasteiger partial charge in [-0.15, -0.1) is 0 Å². The van der Waals surface area contributed by atoms with Crippen LogP contribution < -0.4 is 0 Å². The number of nitrogens with zero attached hydrogens (tertiary/aromatic N) is 2. The van der Waals surface area contributed by atoms with Gasteiger partial charge in [0.05, 0.1) is 36.8 Å². The van der Waals surface area contributed by atoms with E-state index in [4.69, 9.17) is 13.6 Å². The van der Waals surface area contributed by atoms with Gasteiger partial charge in [0.2, 0.25) is 0 Å². The zero-order valence-corrected chi connectivity index (χ0v) is 13.7.